The van der Waals surface area contributed by atoms with E-state index in [1.807, 2.05) is 24.4 Å². The third kappa shape index (κ3) is 4.30. The minimum absolute atomic E-state index is 0.202. The maximum atomic E-state index is 11.9. The molecule has 1 aromatic heterocycles. The summed E-state index contributed by atoms with van der Waals surface area (Å²) in [6, 6.07) is 15.0. The topological polar surface area (TPSA) is 68.4 Å². The number of benzene rings is 2. The molecule has 0 fully saturated rings. The van der Waals surface area contributed by atoms with Gasteiger partial charge in [0.05, 0.1) is 12.7 Å². The van der Waals surface area contributed by atoms with Crippen LogP contribution in [-0.2, 0) is 27.3 Å². The summed E-state index contributed by atoms with van der Waals surface area (Å²) in [5.41, 5.74) is 3.64. The van der Waals surface area contributed by atoms with E-state index in [0.717, 1.165) is 23.9 Å². The van der Waals surface area contributed by atoms with Crippen molar-refractivity contribution in [3.63, 3.8) is 0 Å². The van der Waals surface area contributed by atoms with Crippen LogP contribution in [-0.4, -0.2) is 24.0 Å². The Balaban J connectivity index is 1.43. The number of carbonyl (C=O) groups excluding carboxylic acids is 2. The van der Waals surface area contributed by atoms with Gasteiger partial charge in [0, 0.05) is 23.5 Å². The van der Waals surface area contributed by atoms with Gasteiger partial charge in [0.2, 0.25) is 0 Å². The van der Waals surface area contributed by atoms with Crippen LogP contribution >= 0.6 is 0 Å². The quantitative estimate of drug-likeness (QED) is 0.653. The van der Waals surface area contributed by atoms with Crippen molar-refractivity contribution < 1.29 is 19.1 Å². The average Bonchev–Trinajstić information content (AvgIpc) is 3.09. The first-order valence-corrected chi connectivity index (χ1v) is 8.55. The number of rotatable bonds is 7. The minimum atomic E-state index is -0.383. The molecule has 0 amide bonds. The van der Waals surface area contributed by atoms with Gasteiger partial charge in [-0.05, 0) is 42.2 Å². The third-order valence-electron chi connectivity index (χ3n) is 4.28. The molecule has 26 heavy (non-hydrogen) atoms. The van der Waals surface area contributed by atoms with Crippen LogP contribution in [0.25, 0.3) is 10.9 Å². The van der Waals surface area contributed by atoms with Crippen molar-refractivity contribution in [2.75, 3.05) is 7.11 Å². The summed E-state index contributed by atoms with van der Waals surface area (Å²) >= 11 is 0. The summed E-state index contributed by atoms with van der Waals surface area (Å²) < 4.78 is 9.95. The maximum Gasteiger partial charge on any atom is 0.337 e. The zero-order chi connectivity index (χ0) is 18.4. The summed E-state index contributed by atoms with van der Waals surface area (Å²) in [6.07, 6.45) is 3.94. The van der Waals surface area contributed by atoms with Gasteiger partial charge in [-0.25, -0.2) is 4.79 Å². The van der Waals surface area contributed by atoms with Crippen LogP contribution in [0.1, 0.15) is 34.3 Å². The second-order valence-electron chi connectivity index (χ2n) is 6.06. The predicted octanol–water partition coefficient (Wildman–Crippen LogP) is 4.02. The lowest BCUT2D eigenvalue weighted by Crippen LogP contribution is -2.05. The number of aromatic nitrogens is 1. The summed E-state index contributed by atoms with van der Waals surface area (Å²) in [6.45, 7) is 0.202. The van der Waals surface area contributed by atoms with Gasteiger partial charge in [0.1, 0.15) is 6.61 Å². The Kier molecular flexibility index (Phi) is 5.69. The SMILES string of the molecule is COC(=O)c1ccc(COC(=O)CCCc2c[nH]c3ccccc23)cc1. The molecule has 0 saturated heterocycles. The van der Waals surface area contributed by atoms with Crippen LogP contribution in [0, 0.1) is 0 Å². The van der Waals surface area contributed by atoms with Gasteiger partial charge in [-0.15, -0.1) is 0 Å². The molecule has 3 aromatic rings. The summed E-state index contributed by atoms with van der Waals surface area (Å²) in [5, 5.41) is 1.20. The number of hydrogen-bond donors (Lipinski definition) is 1. The van der Waals surface area contributed by atoms with Crippen LogP contribution in [0.4, 0.5) is 0 Å². The number of para-hydroxylation sites is 1. The van der Waals surface area contributed by atoms with E-state index in [-0.39, 0.29) is 18.5 Å². The Morgan fingerprint density at radius 1 is 1.04 bits per heavy atom. The highest BCUT2D eigenvalue weighted by Crippen LogP contribution is 2.19. The Morgan fingerprint density at radius 2 is 1.81 bits per heavy atom. The van der Waals surface area contributed by atoms with Crippen molar-refractivity contribution in [2.24, 2.45) is 0 Å². The smallest absolute Gasteiger partial charge is 0.337 e. The van der Waals surface area contributed by atoms with Crippen molar-refractivity contribution in [1.29, 1.82) is 0 Å². The molecular formula is C21H21NO4. The van der Waals surface area contributed by atoms with Gasteiger partial charge < -0.3 is 14.5 Å². The molecule has 0 aliphatic rings. The number of fused-ring (bicyclic) bond motifs is 1. The number of carbonyl (C=O) groups is 2. The number of H-pyrrole nitrogens is 1. The van der Waals surface area contributed by atoms with Crippen molar-refractivity contribution in [3.05, 3.63) is 71.4 Å². The van der Waals surface area contributed by atoms with E-state index >= 15 is 0 Å². The van der Waals surface area contributed by atoms with Crippen molar-refractivity contribution in [2.45, 2.75) is 25.9 Å². The largest absolute Gasteiger partial charge is 0.465 e. The number of esters is 2. The van der Waals surface area contributed by atoms with Crippen molar-refractivity contribution >= 4 is 22.8 Å². The second-order valence-corrected chi connectivity index (χ2v) is 6.06. The first kappa shape index (κ1) is 17.7. The molecule has 5 nitrogen and oxygen atoms in total. The van der Waals surface area contributed by atoms with Gasteiger partial charge in [0.25, 0.3) is 0 Å². The van der Waals surface area contributed by atoms with Gasteiger partial charge in [-0.3, -0.25) is 4.79 Å². The number of nitrogens with one attached hydrogen (secondary N) is 1. The summed E-state index contributed by atoms with van der Waals surface area (Å²) in [5.74, 6) is -0.604. The van der Waals surface area contributed by atoms with Gasteiger partial charge >= 0.3 is 11.9 Å². The Morgan fingerprint density at radius 3 is 2.58 bits per heavy atom. The molecule has 2 aromatic carbocycles. The number of aromatic amines is 1. The van der Waals surface area contributed by atoms with Crippen molar-refractivity contribution in [1.82, 2.24) is 4.98 Å². The summed E-state index contributed by atoms with van der Waals surface area (Å²) in [7, 11) is 1.34. The normalized spacial score (nSPS) is 10.7. The van der Waals surface area contributed by atoms with Crippen LogP contribution in [0.15, 0.2) is 54.7 Å². The van der Waals surface area contributed by atoms with Crippen LogP contribution in [0.5, 0.6) is 0 Å². The molecule has 0 aliphatic carbocycles. The maximum absolute atomic E-state index is 11.9. The number of ether oxygens (including phenoxy) is 2. The minimum Gasteiger partial charge on any atom is -0.465 e. The van der Waals surface area contributed by atoms with Crippen molar-refractivity contribution in [3.8, 4) is 0 Å². The van der Waals surface area contributed by atoms with E-state index in [9.17, 15) is 9.59 Å². The fourth-order valence-corrected chi connectivity index (χ4v) is 2.85. The lowest BCUT2D eigenvalue weighted by Gasteiger charge is -2.06. The third-order valence-corrected chi connectivity index (χ3v) is 4.28. The lowest BCUT2D eigenvalue weighted by atomic mass is 10.1. The van der Waals surface area contributed by atoms with Crippen LogP contribution < -0.4 is 0 Å². The Labute approximate surface area is 151 Å². The molecule has 1 heterocycles. The highest BCUT2D eigenvalue weighted by atomic mass is 16.5. The molecule has 0 bridgehead atoms. The molecule has 3 rings (SSSR count). The monoisotopic (exact) mass is 351 g/mol. The molecule has 0 atom stereocenters. The second kappa shape index (κ2) is 8.34. The number of aryl methyl sites for hydroxylation is 1. The number of methoxy groups -OCH3 is 1. The average molecular weight is 351 g/mol. The molecular weight excluding hydrogens is 330 g/mol. The molecule has 0 radical (unpaired) electrons. The molecule has 134 valence electrons. The fourth-order valence-electron chi connectivity index (χ4n) is 2.85. The van der Waals surface area contributed by atoms with E-state index in [1.54, 1.807) is 24.3 Å². The lowest BCUT2D eigenvalue weighted by molar-refractivity contribution is -0.145. The van der Waals surface area contributed by atoms with Crippen LogP contribution in [0.3, 0.4) is 0 Å². The molecule has 0 aliphatic heterocycles. The zero-order valence-electron chi connectivity index (χ0n) is 14.7. The van der Waals surface area contributed by atoms with Crippen LogP contribution in [0.2, 0.25) is 0 Å². The highest BCUT2D eigenvalue weighted by molar-refractivity contribution is 5.89. The molecule has 1 N–H and O–H groups in total. The van der Waals surface area contributed by atoms with E-state index in [4.69, 9.17) is 4.74 Å². The Bertz CT molecular complexity index is 896. The van der Waals surface area contributed by atoms with Gasteiger partial charge in [0.15, 0.2) is 0 Å². The van der Waals surface area contributed by atoms with Gasteiger partial charge in [-0.1, -0.05) is 30.3 Å². The molecule has 0 spiro atoms. The number of hydrogen-bond acceptors (Lipinski definition) is 4. The van der Waals surface area contributed by atoms with Gasteiger partial charge in [-0.2, -0.15) is 0 Å². The first-order chi connectivity index (χ1) is 12.7. The fraction of sp³-hybridized carbons (Fsp3) is 0.238. The zero-order valence-corrected chi connectivity index (χ0v) is 14.7. The molecule has 0 unspecified atom stereocenters. The van der Waals surface area contributed by atoms with E-state index in [2.05, 4.69) is 15.8 Å². The predicted molar refractivity (Wildman–Crippen MR) is 98.8 cm³/mol. The van der Waals surface area contributed by atoms with E-state index < -0.39 is 0 Å². The van der Waals surface area contributed by atoms with E-state index in [0.29, 0.717) is 12.0 Å². The summed E-state index contributed by atoms with van der Waals surface area (Å²) in [4.78, 5) is 26.5. The first-order valence-electron chi connectivity index (χ1n) is 8.55. The molecule has 5 heteroatoms. The standard InChI is InChI=1S/C21H21NO4/c1-25-21(24)16-11-9-15(10-12-16)14-26-20(23)8-4-5-17-13-22-19-7-3-2-6-18(17)19/h2-3,6-7,9-13,22H,4-5,8,14H2,1H3. The Hall–Kier alpha value is -3.08. The van der Waals surface area contributed by atoms with E-state index in [1.165, 1.54) is 18.1 Å². The molecule has 0 saturated carbocycles. The highest BCUT2D eigenvalue weighted by Gasteiger charge is 2.08.